The molecule has 0 aliphatic carbocycles. The van der Waals surface area contributed by atoms with Gasteiger partial charge in [-0.05, 0) is 6.07 Å². The Morgan fingerprint density at radius 2 is 1.81 bits per heavy atom. The minimum absolute atomic E-state index is 0.290. The van der Waals surface area contributed by atoms with Crippen LogP contribution in [0.1, 0.15) is 5.56 Å². The molecule has 0 unspecified atom stereocenters. The maximum Gasteiger partial charge on any atom is 0.225 e. The molecule has 27 heavy (non-hydrogen) atoms. The van der Waals surface area contributed by atoms with Gasteiger partial charge in [0, 0.05) is 52.4 Å². The van der Waals surface area contributed by atoms with Crippen molar-refractivity contribution in [2.75, 3.05) is 68.2 Å². The average Bonchev–Trinajstić information content (AvgIpc) is 2.72. The maximum atomic E-state index is 14.4. The van der Waals surface area contributed by atoms with E-state index in [2.05, 4.69) is 14.9 Å². The first kappa shape index (κ1) is 19.3. The molecule has 0 atom stereocenters. The molecule has 1 saturated heterocycles. The van der Waals surface area contributed by atoms with Gasteiger partial charge in [-0.15, -0.1) is 0 Å². The van der Waals surface area contributed by atoms with Gasteiger partial charge in [-0.2, -0.15) is 0 Å². The van der Waals surface area contributed by atoms with E-state index in [4.69, 9.17) is 4.74 Å². The molecule has 1 aromatic carbocycles. The third kappa shape index (κ3) is 4.45. The number of aliphatic hydroxyl groups excluding tert-OH is 1. The van der Waals surface area contributed by atoms with Gasteiger partial charge in [0.25, 0.3) is 0 Å². The number of likely N-dealkylation sites (N-methyl/N-ethyl adjacent to an activating group) is 1. The Morgan fingerprint density at radius 3 is 2.44 bits per heavy atom. The van der Waals surface area contributed by atoms with Crippen molar-refractivity contribution in [3.8, 4) is 0 Å². The molecule has 7 nitrogen and oxygen atoms in total. The van der Waals surface area contributed by atoms with Crippen LogP contribution in [0, 0.1) is 5.82 Å². The Balaban J connectivity index is 1.61. The van der Waals surface area contributed by atoms with Gasteiger partial charge in [0.05, 0.1) is 37.0 Å². The number of ether oxygens (including phenoxy) is 1. The first-order valence-electron chi connectivity index (χ1n) is 9.04. The highest BCUT2D eigenvalue weighted by Crippen LogP contribution is 2.25. The number of nitrogens with zero attached hydrogens (tertiary/aromatic N) is 5. The predicted octanol–water partition coefficient (Wildman–Crippen LogP) is 1.52. The molecule has 1 aliphatic heterocycles. The largest absolute Gasteiger partial charge is 0.392 e. The molecular weight excluding hydrogens is 349 g/mol. The van der Waals surface area contributed by atoms with Crippen molar-refractivity contribution in [3.63, 3.8) is 0 Å². The van der Waals surface area contributed by atoms with Crippen molar-refractivity contribution in [2.24, 2.45) is 0 Å². The monoisotopic (exact) mass is 375 g/mol. The predicted molar refractivity (Wildman–Crippen MR) is 104 cm³/mol. The van der Waals surface area contributed by atoms with Gasteiger partial charge in [0.15, 0.2) is 5.82 Å². The third-order valence-corrected chi connectivity index (χ3v) is 4.81. The number of methoxy groups -OCH3 is 1. The fourth-order valence-electron chi connectivity index (χ4n) is 3.14. The number of hydrogen-bond acceptors (Lipinski definition) is 7. The van der Waals surface area contributed by atoms with Gasteiger partial charge in [0.2, 0.25) is 5.95 Å². The van der Waals surface area contributed by atoms with Gasteiger partial charge in [0.1, 0.15) is 0 Å². The van der Waals surface area contributed by atoms with Gasteiger partial charge in [-0.3, -0.25) is 0 Å². The van der Waals surface area contributed by atoms with Crippen LogP contribution in [0.3, 0.4) is 0 Å². The van der Waals surface area contributed by atoms with E-state index in [1.807, 2.05) is 29.2 Å². The Morgan fingerprint density at radius 1 is 1.15 bits per heavy atom. The Bertz CT molecular complexity index is 735. The van der Waals surface area contributed by atoms with Crippen molar-refractivity contribution >= 4 is 17.3 Å². The van der Waals surface area contributed by atoms with Crippen LogP contribution in [0.4, 0.5) is 21.7 Å². The van der Waals surface area contributed by atoms with E-state index < -0.39 is 0 Å². The minimum atomic E-state index is -0.333. The van der Waals surface area contributed by atoms with E-state index in [9.17, 15) is 9.50 Å². The summed E-state index contributed by atoms with van der Waals surface area (Å²) in [7, 11) is 3.60. The van der Waals surface area contributed by atoms with Crippen LogP contribution >= 0.6 is 0 Å². The van der Waals surface area contributed by atoms with E-state index in [1.54, 1.807) is 25.3 Å². The summed E-state index contributed by atoms with van der Waals surface area (Å²) in [5, 5.41) is 9.25. The zero-order valence-corrected chi connectivity index (χ0v) is 15.8. The quantitative estimate of drug-likeness (QED) is 0.787. The van der Waals surface area contributed by atoms with Crippen molar-refractivity contribution in [2.45, 2.75) is 6.61 Å². The standard InChI is InChI=1S/C19H26FN5O2/c1-23(10-11-27-2)19-21-12-16(13-22-19)24-6-8-25(9-7-24)17-5-3-4-15(14-26)18(17)20/h3-5,12-13,26H,6-11,14H2,1-2H3. The van der Waals surface area contributed by atoms with Crippen molar-refractivity contribution in [1.82, 2.24) is 9.97 Å². The van der Waals surface area contributed by atoms with E-state index >= 15 is 0 Å². The van der Waals surface area contributed by atoms with Crippen molar-refractivity contribution in [3.05, 3.63) is 42.0 Å². The summed E-state index contributed by atoms with van der Waals surface area (Å²) >= 11 is 0. The van der Waals surface area contributed by atoms with Gasteiger partial charge >= 0.3 is 0 Å². The normalized spacial score (nSPS) is 14.5. The molecule has 0 spiro atoms. The molecule has 8 heteroatoms. The zero-order chi connectivity index (χ0) is 19.2. The Hall–Kier alpha value is -2.45. The summed E-state index contributed by atoms with van der Waals surface area (Å²) in [6.07, 6.45) is 3.66. The number of halogens is 1. The Kier molecular flexibility index (Phi) is 6.41. The summed E-state index contributed by atoms with van der Waals surface area (Å²) in [5.74, 6) is 0.331. The Labute approximate surface area is 159 Å². The topological polar surface area (TPSA) is 65.0 Å². The summed E-state index contributed by atoms with van der Waals surface area (Å²) in [5.41, 5.74) is 1.84. The molecule has 1 N–H and O–H groups in total. The van der Waals surface area contributed by atoms with E-state index in [-0.39, 0.29) is 12.4 Å². The number of piperazine rings is 1. The lowest BCUT2D eigenvalue weighted by Crippen LogP contribution is -2.47. The number of aliphatic hydroxyl groups is 1. The molecule has 0 bridgehead atoms. The van der Waals surface area contributed by atoms with E-state index in [0.717, 1.165) is 25.3 Å². The number of hydrogen-bond donors (Lipinski definition) is 1. The maximum absolute atomic E-state index is 14.4. The highest BCUT2D eigenvalue weighted by atomic mass is 19.1. The van der Waals surface area contributed by atoms with Crippen LogP contribution in [0.25, 0.3) is 0 Å². The van der Waals surface area contributed by atoms with Gasteiger partial charge in [-0.25, -0.2) is 14.4 Å². The molecule has 2 aromatic rings. The number of rotatable bonds is 7. The summed E-state index contributed by atoms with van der Waals surface area (Å²) in [4.78, 5) is 15.0. The first-order chi connectivity index (χ1) is 13.1. The highest BCUT2D eigenvalue weighted by molar-refractivity contribution is 5.53. The number of benzene rings is 1. The summed E-state index contributed by atoms with van der Waals surface area (Å²) < 4.78 is 19.5. The molecule has 0 radical (unpaired) electrons. The van der Waals surface area contributed by atoms with E-state index in [1.165, 1.54) is 0 Å². The molecule has 1 aromatic heterocycles. The second kappa shape index (κ2) is 8.96. The lowest BCUT2D eigenvalue weighted by atomic mass is 10.1. The lowest BCUT2D eigenvalue weighted by molar-refractivity contribution is 0.206. The number of anilines is 3. The van der Waals surface area contributed by atoms with Crippen molar-refractivity contribution in [1.29, 1.82) is 0 Å². The summed E-state index contributed by atoms with van der Waals surface area (Å²) in [6, 6.07) is 5.15. The molecule has 2 heterocycles. The molecule has 3 rings (SSSR count). The fourth-order valence-corrected chi connectivity index (χ4v) is 3.14. The smallest absolute Gasteiger partial charge is 0.225 e. The van der Waals surface area contributed by atoms with Crippen LogP contribution in [-0.4, -0.2) is 68.6 Å². The second-order valence-corrected chi connectivity index (χ2v) is 6.54. The average molecular weight is 375 g/mol. The van der Waals surface area contributed by atoms with Crippen LogP contribution in [0.2, 0.25) is 0 Å². The molecule has 0 saturated carbocycles. The second-order valence-electron chi connectivity index (χ2n) is 6.54. The fraction of sp³-hybridized carbons (Fsp3) is 0.474. The first-order valence-corrected chi connectivity index (χ1v) is 9.04. The zero-order valence-electron chi connectivity index (χ0n) is 15.8. The highest BCUT2D eigenvalue weighted by Gasteiger charge is 2.21. The molecular formula is C19H26FN5O2. The van der Waals surface area contributed by atoms with Crippen molar-refractivity contribution < 1.29 is 14.2 Å². The lowest BCUT2D eigenvalue weighted by Gasteiger charge is -2.37. The van der Waals surface area contributed by atoms with Gasteiger partial charge < -0.3 is 24.5 Å². The summed E-state index contributed by atoms with van der Waals surface area (Å²) in [6.45, 7) is 3.96. The van der Waals surface area contributed by atoms with Gasteiger partial charge in [-0.1, -0.05) is 12.1 Å². The molecule has 1 aliphatic rings. The molecule has 1 fully saturated rings. The van der Waals surface area contributed by atoms with Crippen LogP contribution in [-0.2, 0) is 11.3 Å². The SMILES string of the molecule is COCCN(C)c1ncc(N2CCN(c3cccc(CO)c3F)CC2)cn1. The minimum Gasteiger partial charge on any atom is -0.392 e. The molecule has 146 valence electrons. The third-order valence-electron chi connectivity index (χ3n) is 4.81. The van der Waals surface area contributed by atoms with E-state index in [0.29, 0.717) is 36.9 Å². The van der Waals surface area contributed by atoms with Crippen LogP contribution in [0.15, 0.2) is 30.6 Å². The molecule has 0 amide bonds. The van der Waals surface area contributed by atoms with Crippen LogP contribution in [0.5, 0.6) is 0 Å². The number of aromatic nitrogens is 2. The van der Waals surface area contributed by atoms with Crippen LogP contribution < -0.4 is 14.7 Å².